The zero-order valence-corrected chi connectivity index (χ0v) is 9.44. The van der Waals surface area contributed by atoms with Crippen LogP contribution in [0.25, 0.3) is 0 Å². The maximum Gasteiger partial charge on any atom is 0.0757 e. The minimum atomic E-state index is -0.169. The first-order chi connectivity index (χ1) is 6.24. The van der Waals surface area contributed by atoms with E-state index in [0.29, 0.717) is 0 Å². The topological polar surface area (TPSA) is 26.0 Å². The molecule has 0 aliphatic rings. The van der Waals surface area contributed by atoms with Crippen molar-refractivity contribution in [3.05, 3.63) is 28.7 Å². The Hall–Kier alpha value is -0.430. The highest BCUT2D eigenvalue weighted by Gasteiger charge is 2.01. The van der Waals surface area contributed by atoms with E-state index >= 15 is 0 Å². The summed E-state index contributed by atoms with van der Waals surface area (Å²) in [7, 11) is 0. The van der Waals surface area contributed by atoms with E-state index in [0.717, 1.165) is 10.2 Å². The Morgan fingerprint density at radius 3 is 2.85 bits per heavy atom. The molecule has 1 aromatic rings. The normalized spacial score (nSPS) is 12.1. The standard InChI is InChI=1S/C10H10BrNS/c1-2-8(12)7-13-10-6-4-3-5-9(10)11/h1,3-6,8H,7,12H2. The van der Waals surface area contributed by atoms with Gasteiger partial charge >= 0.3 is 0 Å². The van der Waals surface area contributed by atoms with Crippen LogP contribution >= 0.6 is 27.7 Å². The van der Waals surface area contributed by atoms with Crippen LogP contribution in [0.2, 0.25) is 0 Å². The summed E-state index contributed by atoms with van der Waals surface area (Å²) < 4.78 is 1.09. The molecule has 13 heavy (non-hydrogen) atoms. The molecular weight excluding hydrogens is 246 g/mol. The third-order valence-corrected chi connectivity index (χ3v) is 3.62. The van der Waals surface area contributed by atoms with Crippen LogP contribution in [-0.4, -0.2) is 11.8 Å². The van der Waals surface area contributed by atoms with Crippen LogP contribution in [0.3, 0.4) is 0 Å². The molecule has 1 nitrogen and oxygen atoms in total. The van der Waals surface area contributed by atoms with Crippen molar-refractivity contribution in [2.24, 2.45) is 5.73 Å². The second-order valence-corrected chi connectivity index (χ2v) is 4.43. The SMILES string of the molecule is C#CC(N)CSc1ccccc1Br. The van der Waals surface area contributed by atoms with Gasteiger partial charge in [-0.05, 0) is 28.1 Å². The van der Waals surface area contributed by atoms with Crippen LogP contribution in [0.4, 0.5) is 0 Å². The summed E-state index contributed by atoms with van der Waals surface area (Å²) in [5.41, 5.74) is 5.60. The molecule has 0 aliphatic carbocycles. The molecule has 1 atom stereocenters. The van der Waals surface area contributed by atoms with E-state index in [4.69, 9.17) is 12.2 Å². The molecule has 0 fully saturated rings. The molecule has 0 amide bonds. The van der Waals surface area contributed by atoms with Crippen LogP contribution in [0.1, 0.15) is 0 Å². The largest absolute Gasteiger partial charge is 0.317 e. The van der Waals surface area contributed by atoms with E-state index < -0.39 is 0 Å². The van der Waals surface area contributed by atoms with E-state index in [-0.39, 0.29) is 6.04 Å². The molecule has 1 aromatic carbocycles. The van der Waals surface area contributed by atoms with Gasteiger partial charge in [-0.1, -0.05) is 18.1 Å². The van der Waals surface area contributed by atoms with Gasteiger partial charge in [0, 0.05) is 15.1 Å². The maximum absolute atomic E-state index is 5.60. The Morgan fingerprint density at radius 1 is 1.54 bits per heavy atom. The van der Waals surface area contributed by atoms with Gasteiger partial charge in [0.1, 0.15) is 0 Å². The molecule has 1 unspecified atom stereocenters. The van der Waals surface area contributed by atoms with E-state index in [2.05, 4.69) is 21.9 Å². The smallest absolute Gasteiger partial charge is 0.0757 e. The fraction of sp³-hybridized carbons (Fsp3) is 0.200. The van der Waals surface area contributed by atoms with Gasteiger partial charge in [-0.3, -0.25) is 0 Å². The van der Waals surface area contributed by atoms with Gasteiger partial charge < -0.3 is 5.73 Å². The molecule has 1 rings (SSSR count). The number of benzene rings is 1. The molecule has 0 aromatic heterocycles. The van der Waals surface area contributed by atoms with Gasteiger partial charge in [0.2, 0.25) is 0 Å². The lowest BCUT2D eigenvalue weighted by Crippen LogP contribution is -2.19. The summed E-state index contributed by atoms with van der Waals surface area (Å²) in [4.78, 5) is 1.17. The molecule has 3 heteroatoms. The predicted molar refractivity (Wildman–Crippen MR) is 61.7 cm³/mol. The van der Waals surface area contributed by atoms with Crippen LogP contribution in [0.15, 0.2) is 33.6 Å². The lowest BCUT2D eigenvalue weighted by atomic mass is 10.4. The Morgan fingerprint density at radius 2 is 2.23 bits per heavy atom. The number of thioether (sulfide) groups is 1. The molecule has 0 spiro atoms. The minimum absolute atomic E-state index is 0.169. The number of halogens is 1. The van der Waals surface area contributed by atoms with Crippen molar-refractivity contribution >= 4 is 27.7 Å². The minimum Gasteiger partial charge on any atom is -0.317 e. The summed E-state index contributed by atoms with van der Waals surface area (Å²) in [6, 6.07) is 7.85. The molecule has 0 saturated heterocycles. The molecule has 2 N–H and O–H groups in total. The summed E-state index contributed by atoms with van der Waals surface area (Å²) in [5, 5.41) is 0. The summed E-state index contributed by atoms with van der Waals surface area (Å²) in [5.74, 6) is 3.25. The lowest BCUT2D eigenvalue weighted by Gasteiger charge is -2.05. The van der Waals surface area contributed by atoms with Crippen molar-refractivity contribution in [3.8, 4) is 12.3 Å². The van der Waals surface area contributed by atoms with Crippen molar-refractivity contribution in [2.75, 3.05) is 5.75 Å². The number of nitrogens with two attached hydrogens (primary N) is 1. The highest BCUT2D eigenvalue weighted by atomic mass is 79.9. The van der Waals surface area contributed by atoms with Crippen molar-refractivity contribution in [1.29, 1.82) is 0 Å². The van der Waals surface area contributed by atoms with Gasteiger partial charge in [-0.2, -0.15) is 0 Å². The van der Waals surface area contributed by atoms with E-state index in [1.54, 1.807) is 11.8 Å². The van der Waals surface area contributed by atoms with Crippen LogP contribution in [0, 0.1) is 12.3 Å². The van der Waals surface area contributed by atoms with E-state index in [1.165, 1.54) is 4.90 Å². The number of hydrogen-bond donors (Lipinski definition) is 1. The predicted octanol–water partition coefficient (Wildman–Crippen LogP) is 2.50. The Labute approximate surface area is 91.2 Å². The second-order valence-electron chi connectivity index (χ2n) is 2.51. The molecule has 0 radical (unpaired) electrons. The maximum atomic E-state index is 5.60. The highest BCUT2D eigenvalue weighted by Crippen LogP contribution is 2.26. The van der Waals surface area contributed by atoms with Gasteiger partial charge in [0.25, 0.3) is 0 Å². The van der Waals surface area contributed by atoms with Crippen molar-refractivity contribution in [2.45, 2.75) is 10.9 Å². The molecule has 68 valence electrons. The van der Waals surface area contributed by atoms with Crippen molar-refractivity contribution in [3.63, 3.8) is 0 Å². The average Bonchev–Trinajstić information content (AvgIpc) is 2.16. The third kappa shape index (κ3) is 3.43. The van der Waals surface area contributed by atoms with E-state index in [1.807, 2.05) is 24.3 Å². The third-order valence-electron chi connectivity index (χ3n) is 1.47. The fourth-order valence-electron chi connectivity index (χ4n) is 0.789. The zero-order chi connectivity index (χ0) is 9.68. The summed E-state index contributed by atoms with van der Waals surface area (Å²) in [6.07, 6.45) is 5.17. The molecule has 0 heterocycles. The number of rotatable bonds is 3. The molecular formula is C10H10BrNS. The number of terminal acetylenes is 1. The quantitative estimate of drug-likeness (QED) is 0.664. The van der Waals surface area contributed by atoms with E-state index in [9.17, 15) is 0 Å². The van der Waals surface area contributed by atoms with Gasteiger partial charge in [0.05, 0.1) is 6.04 Å². The first-order valence-electron chi connectivity index (χ1n) is 3.83. The highest BCUT2D eigenvalue weighted by molar-refractivity contribution is 9.10. The zero-order valence-electron chi connectivity index (χ0n) is 7.03. The Balaban J connectivity index is 2.56. The molecule has 0 aliphatic heterocycles. The first kappa shape index (κ1) is 10.6. The van der Waals surface area contributed by atoms with Gasteiger partial charge in [-0.25, -0.2) is 0 Å². The Kier molecular flexibility index (Phi) is 4.37. The van der Waals surface area contributed by atoms with Crippen molar-refractivity contribution < 1.29 is 0 Å². The summed E-state index contributed by atoms with van der Waals surface area (Å²) in [6.45, 7) is 0. The molecule has 0 saturated carbocycles. The van der Waals surface area contributed by atoms with Gasteiger partial charge in [-0.15, -0.1) is 18.2 Å². The first-order valence-corrected chi connectivity index (χ1v) is 5.61. The number of hydrogen-bond acceptors (Lipinski definition) is 2. The van der Waals surface area contributed by atoms with Crippen LogP contribution < -0.4 is 5.73 Å². The lowest BCUT2D eigenvalue weighted by molar-refractivity contribution is 0.974. The van der Waals surface area contributed by atoms with Gasteiger partial charge in [0.15, 0.2) is 0 Å². The van der Waals surface area contributed by atoms with Crippen LogP contribution in [0.5, 0.6) is 0 Å². The molecule has 0 bridgehead atoms. The van der Waals surface area contributed by atoms with Crippen molar-refractivity contribution in [1.82, 2.24) is 0 Å². The fourth-order valence-corrected chi connectivity index (χ4v) is 2.25. The second kappa shape index (κ2) is 5.33. The summed E-state index contributed by atoms with van der Waals surface area (Å²) >= 11 is 5.12. The average molecular weight is 256 g/mol. The monoisotopic (exact) mass is 255 g/mol. The Bertz CT molecular complexity index is 319. The van der Waals surface area contributed by atoms with Crippen LogP contribution in [-0.2, 0) is 0 Å².